The second kappa shape index (κ2) is 7.88. The molecule has 0 bridgehead atoms. The predicted octanol–water partition coefficient (Wildman–Crippen LogP) is 2.21. The number of nitrogens with one attached hydrogen (secondary N) is 1. The van der Waals surface area contributed by atoms with Gasteiger partial charge in [0, 0.05) is 26.1 Å². The van der Waals surface area contributed by atoms with Crippen molar-refractivity contribution in [3.8, 4) is 0 Å². The maximum atomic E-state index is 13.1. The van der Waals surface area contributed by atoms with Crippen molar-refractivity contribution in [2.45, 2.75) is 43.9 Å². The molecule has 1 aromatic carbocycles. The fourth-order valence-electron chi connectivity index (χ4n) is 2.74. The van der Waals surface area contributed by atoms with Crippen molar-refractivity contribution in [2.75, 3.05) is 19.6 Å². The minimum atomic E-state index is -3.65. The van der Waals surface area contributed by atoms with Gasteiger partial charge in [-0.2, -0.15) is 0 Å². The van der Waals surface area contributed by atoms with Crippen molar-refractivity contribution in [3.05, 3.63) is 29.6 Å². The summed E-state index contributed by atoms with van der Waals surface area (Å²) in [6.45, 7) is 3.13. The molecule has 0 unspecified atom stereocenters. The number of benzene rings is 1. The van der Waals surface area contributed by atoms with Crippen molar-refractivity contribution in [1.82, 2.24) is 9.62 Å². The average Bonchev–Trinajstić information content (AvgIpc) is 2.68. The zero-order valence-electron chi connectivity index (χ0n) is 13.3. The first-order chi connectivity index (χ1) is 10.9. The van der Waals surface area contributed by atoms with Crippen LogP contribution >= 0.6 is 0 Å². The van der Waals surface area contributed by atoms with Gasteiger partial charge < -0.3 is 4.90 Å². The maximum Gasteiger partial charge on any atom is 0.240 e. The number of rotatable bonds is 6. The van der Waals surface area contributed by atoms with E-state index in [9.17, 15) is 17.6 Å². The van der Waals surface area contributed by atoms with Crippen LogP contribution in [-0.2, 0) is 14.8 Å². The highest BCUT2D eigenvalue weighted by molar-refractivity contribution is 7.89. The Bertz CT molecular complexity index is 661. The minimum Gasteiger partial charge on any atom is -0.343 e. The number of carbonyl (C=O) groups excluding carboxylic acids is 1. The smallest absolute Gasteiger partial charge is 0.240 e. The molecule has 1 aromatic rings. The number of likely N-dealkylation sites (tertiary alicyclic amines) is 1. The van der Waals surface area contributed by atoms with Crippen LogP contribution in [0.2, 0.25) is 0 Å². The van der Waals surface area contributed by atoms with Crippen LogP contribution in [0.15, 0.2) is 23.1 Å². The fourth-order valence-corrected chi connectivity index (χ4v) is 4.04. The summed E-state index contributed by atoms with van der Waals surface area (Å²) >= 11 is 0. The molecule has 1 heterocycles. The third kappa shape index (κ3) is 5.00. The summed E-state index contributed by atoms with van der Waals surface area (Å²) in [7, 11) is -3.65. The van der Waals surface area contributed by atoms with Crippen LogP contribution in [0.5, 0.6) is 0 Å². The molecule has 1 fully saturated rings. The molecule has 23 heavy (non-hydrogen) atoms. The van der Waals surface area contributed by atoms with E-state index in [1.54, 1.807) is 6.92 Å². The Balaban J connectivity index is 1.86. The second-order valence-corrected chi connectivity index (χ2v) is 7.59. The van der Waals surface area contributed by atoms with E-state index in [1.165, 1.54) is 12.1 Å². The molecule has 2 rings (SSSR count). The van der Waals surface area contributed by atoms with Crippen LogP contribution in [0.25, 0.3) is 0 Å². The summed E-state index contributed by atoms with van der Waals surface area (Å²) in [5.41, 5.74) is 0.375. The lowest BCUT2D eigenvalue weighted by atomic mass is 10.2. The van der Waals surface area contributed by atoms with Crippen LogP contribution in [0.4, 0.5) is 4.39 Å². The van der Waals surface area contributed by atoms with Gasteiger partial charge in [0.25, 0.3) is 0 Å². The lowest BCUT2D eigenvalue weighted by molar-refractivity contribution is -0.130. The van der Waals surface area contributed by atoms with Crippen molar-refractivity contribution in [2.24, 2.45) is 0 Å². The number of hydrogen-bond acceptors (Lipinski definition) is 3. The Labute approximate surface area is 136 Å². The van der Waals surface area contributed by atoms with Gasteiger partial charge in [-0.25, -0.2) is 17.5 Å². The van der Waals surface area contributed by atoms with Gasteiger partial charge in [-0.1, -0.05) is 6.42 Å². The summed E-state index contributed by atoms with van der Waals surface area (Å²) in [6.07, 6.45) is 4.16. The molecule has 0 spiro atoms. The van der Waals surface area contributed by atoms with E-state index in [0.717, 1.165) is 31.9 Å². The van der Waals surface area contributed by atoms with Gasteiger partial charge in [0.2, 0.25) is 15.9 Å². The Kier molecular flexibility index (Phi) is 6.12. The number of nitrogens with zero attached hydrogens (tertiary/aromatic N) is 1. The topological polar surface area (TPSA) is 66.5 Å². The van der Waals surface area contributed by atoms with E-state index in [4.69, 9.17) is 0 Å². The fraction of sp³-hybridized carbons (Fsp3) is 0.562. The summed E-state index contributed by atoms with van der Waals surface area (Å²) < 4.78 is 40.0. The average molecular weight is 342 g/mol. The van der Waals surface area contributed by atoms with E-state index in [1.807, 2.05) is 4.90 Å². The van der Waals surface area contributed by atoms with Gasteiger partial charge in [-0.05, 0) is 49.9 Å². The molecule has 0 saturated carbocycles. The van der Waals surface area contributed by atoms with Crippen LogP contribution in [-0.4, -0.2) is 38.9 Å². The standard InChI is InChI=1S/C16H23FN2O3S/c1-13-12-14(17)7-8-15(13)23(21,22)18-9-5-11-19-10-4-2-3-6-16(19)20/h7-8,12,18H,2-6,9-11H2,1H3. The number of carbonyl (C=O) groups is 1. The summed E-state index contributed by atoms with van der Waals surface area (Å²) in [5, 5.41) is 0. The van der Waals surface area contributed by atoms with Crippen molar-refractivity contribution in [3.63, 3.8) is 0 Å². The third-order valence-corrected chi connectivity index (χ3v) is 5.62. The molecular formula is C16H23FN2O3S. The Morgan fingerprint density at radius 1 is 1.26 bits per heavy atom. The molecule has 0 aliphatic carbocycles. The maximum absolute atomic E-state index is 13.1. The quantitative estimate of drug-likeness (QED) is 0.806. The van der Waals surface area contributed by atoms with Crippen molar-refractivity contribution >= 4 is 15.9 Å². The second-order valence-electron chi connectivity index (χ2n) is 5.85. The normalized spacial score (nSPS) is 16.4. The molecule has 7 heteroatoms. The molecule has 128 valence electrons. The first kappa shape index (κ1) is 17.9. The minimum absolute atomic E-state index is 0.0877. The van der Waals surface area contributed by atoms with Crippen LogP contribution in [0.1, 0.15) is 37.7 Å². The molecule has 1 aliphatic rings. The molecule has 1 aliphatic heterocycles. The lowest BCUT2D eigenvalue weighted by Gasteiger charge is -2.20. The van der Waals surface area contributed by atoms with E-state index < -0.39 is 15.8 Å². The van der Waals surface area contributed by atoms with Crippen LogP contribution in [0.3, 0.4) is 0 Å². The first-order valence-corrected chi connectivity index (χ1v) is 9.42. The SMILES string of the molecule is Cc1cc(F)ccc1S(=O)(=O)NCCCN1CCCCCC1=O. The monoisotopic (exact) mass is 342 g/mol. The lowest BCUT2D eigenvalue weighted by Crippen LogP contribution is -2.34. The van der Waals surface area contributed by atoms with Gasteiger partial charge in [0.15, 0.2) is 0 Å². The molecule has 0 atom stereocenters. The van der Waals surface area contributed by atoms with Gasteiger partial charge in [0.05, 0.1) is 4.90 Å². The van der Waals surface area contributed by atoms with Crippen LogP contribution in [0, 0.1) is 12.7 Å². The van der Waals surface area contributed by atoms with E-state index >= 15 is 0 Å². The molecule has 0 aromatic heterocycles. The molecule has 1 saturated heterocycles. The summed E-state index contributed by atoms with van der Waals surface area (Å²) in [5.74, 6) is -0.305. The Morgan fingerprint density at radius 3 is 2.78 bits per heavy atom. The Hall–Kier alpha value is -1.47. The number of aryl methyl sites for hydroxylation is 1. The third-order valence-electron chi connectivity index (χ3n) is 3.99. The highest BCUT2D eigenvalue weighted by Crippen LogP contribution is 2.16. The van der Waals surface area contributed by atoms with Crippen molar-refractivity contribution in [1.29, 1.82) is 0 Å². The Morgan fingerprint density at radius 2 is 2.04 bits per heavy atom. The zero-order valence-corrected chi connectivity index (χ0v) is 14.2. The van der Waals surface area contributed by atoms with Crippen molar-refractivity contribution < 1.29 is 17.6 Å². The number of sulfonamides is 1. The van der Waals surface area contributed by atoms with E-state index in [2.05, 4.69) is 4.72 Å². The largest absolute Gasteiger partial charge is 0.343 e. The number of amides is 1. The summed E-state index contributed by atoms with van der Waals surface area (Å²) in [6, 6.07) is 3.60. The van der Waals surface area contributed by atoms with Gasteiger partial charge in [-0.15, -0.1) is 0 Å². The number of halogens is 1. The molecular weight excluding hydrogens is 319 g/mol. The van der Waals surface area contributed by atoms with Gasteiger partial charge in [-0.3, -0.25) is 4.79 Å². The molecule has 0 radical (unpaired) electrons. The predicted molar refractivity (Wildman–Crippen MR) is 86.0 cm³/mol. The van der Waals surface area contributed by atoms with Gasteiger partial charge in [0.1, 0.15) is 5.82 Å². The van der Waals surface area contributed by atoms with Gasteiger partial charge >= 0.3 is 0 Å². The molecule has 5 nitrogen and oxygen atoms in total. The first-order valence-electron chi connectivity index (χ1n) is 7.94. The number of hydrogen-bond donors (Lipinski definition) is 1. The van der Waals surface area contributed by atoms with E-state index in [0.29, 0.717) is 24.9 Å². The van der Waals surface area contributed by atoms with Crippen LogP contribution < -0.4 is 4.72 Å². The highest BCUT2D eigenvalue weighted by Gasteiger charge is 2.18. The van der Waals surface area contributed by atoms with E-state index in [-0.39, 0.29) is 17.3 Å². The molecule has 1 N–H and O–H groups in total. The molecule has 1 amide bonds. The summed E-state index contributed by atoms with van der Waals surface area (Å²) in [4.78, 5) is 13.8. The highest BCUT2D eigenvalue weighted by atomic mass is 32.2. The zero-order chi connectivity index (χ0) is 16.9.